The number of H-pyrrole nitrogens is 1. The summed E-state index contributed by atoms with van der Waals surface area (Å²) in [7, 11) is 0. The maximum absolute atomic E-state index is 4.36. The van der Waals surface area contributed by atoms with E-state index in [-0.39, 0.29) is 0 Å². The predicted octanol–water partition coefficient (Wildman–Crippen LogP) is 4.15. The van der Waals surface area contributed by atoms with Crippen molar-refractivity contribution >= 4 is 0 Å². The van der Waals surface area contributed by atoms with Crippen LogP contribution in [0.5, 0.6) is 0 Å². The summed E-state index contributed by atoms with van der Waals surface area (Å²) in [6, 6.07) is 10.8. The molecule has 2 heteroatoms. The highest BCUT2D eigenvalue weighted by atomic mass is 15.1. The fraction of sp³-hybridized carbons (Fsp3) is 0.400. The summed E-state index contributed by atoms with van der Waals surface area (Å²) in [5.41, 5.74) is 4.82. The van der Waals surface area contributed by atoms with Crippen molar-refractivity contribution in [3.05, 3.63) is 41.6 Å². The minimum Gasteiger partial charge on any atom is -0.282 e. The molecule has 2 rings (SSSR count). The second-order valence-electron chi connectivity index (χ2n) is 4.81. The first-order valence-electron chi connectivity index (χ1n) is 6.35. The highest BCUT2D eigenvalue weighted by Gasteiger charge is 2.06. The van der Waals surface area contributed by atoms with E-state index in [0.717, 1.165) is 12.1 Å². The molecule has 0 aliphatic heterocycles. The second-order valence-corrected chi connectivity index (χ2v) is 4.81. The standard InChI is InChI=1S/C15H20N2/c1-4-5-12-6-8-13(9-7-12)15-10-14(11(2)3)16-17-15/h6-11H,4-5H2,1-3H3,(H,16,17). The number of nitrogens with zero attached hydrogens (tertiary/aromatic N) is 1. The zero-order valence-corrected chi connectivity index (χ0v) is 10.8. The number of aromatic nitrogens is 2. The van der Waals surface area contributed by atoms with Crippen molar-refractivity contribution in [1.82, 2.24) is 10.2 Å². The molecule has 0 amide bonds. The van der Waals surface area contributed by atoms with Gasteiger partial charge in [0.25, 0.3) is 0 Å². The largest absolute Gasteiger partial charge is 0.282 e. The molecule has 0 aliphatic carbocycles. The highest BCUT2D eigenvalue weighted by molar-refractivity contribution is 5.59. The predicted molar refractivity (Wildman–Crippen MR) is 72.1 cm³/mol. The lowest BCUT2D eigenvalue weighted by Gasteiger charge is -2.00. The zero-order chi connectivity index (χ0) is 12.3. The van der Waals surface area contributed by atoms with Gasteiger partial charge in [0, 0.05) is 11.3 Å². The lowest BCUT2D eigenvalue weighted by molar-refractivity contribution is 0.811. The molecule has 0 atom stereocenters. The van der Waals surface area contributed by atoms with Gasteiger partial charge in [-0.15, -0.1) is 0 Å². The van der Waals surface area contributed by atoms with E-state index in [9.17, 15) is 0 Å². The third kappa shape index (κ3) is 2.76. The van der Waals surface area contributed by atoms with Crippen molar-refractivity contribution in [2.24, 2.45) is 0 Å². The Hall–Kier alpha value is -1.57. The average Bonchev–Trinajstić information content (AvgIpc) is 2.80. The van der Waals surface area contributed by atoms with Crippen molar-refractivity contribution in [1.29, 1.82) is 0 Å². The van der Waals surface area contributed by atoms with E-state index >= 15 is 0 Å². The minimum atomic E-state index is 0.496. The first kappa shape index (κ1) is 11.9. The van der Waals surface area contributed by atoms with Crippen LogP contribution in [0, 0.1) is 0 Å². The number of rotatable bonds is 4. The van der Waals surface area contributed by atoms with Gasteiger partial charge in [-0.25, -0.2) is 0 Å². The molecule has 0 unspecified atom stereocenters. The number of hydrogen-bond acceptors (Lipinski definition) is 1. The Labute approximate surface area is 103 Å². The molecule has 90 valence electrons. The molecule has 0 fully saturated rings. The van der Waals surface area contributed by atoms with Crippen LogP contribution >= 0.6 is 0 Å². The van der Waals surface area contributed by atoms with Gasteiger partial charge in [-0.1, -0.05) is 51.5 Å². The summed E-state index contributed by atoms with van der Waals surface area (Å²) >= 11 is 0. The smallest absolute Gasteiger partial charge is 0.0923 e. The second kappa shape index (κ2) is 5.17. The van der Waals surface area contributed by atoms with E-state index in [1.54, 1.807) is 0 Å². The zero-order valence-electron chi connectivity index (χ0n) is 10.8. The molecular formula is C15H20N2. The molecule has 1 aromatic heterocycles. The van der Waals surface area contributed by atoms with Crippen LogP contribution in [-0.4, -0.2) is 10.2 Å². The molecule has 1 N–H and O–H groups in total. The van der Waals surface area contributed by atoms with E-state index in [0.29, 0.717) is 5.92 Å². The number of benzene rings is 1. The van der Waals surface area contributed by atoms with Gasteiger partial charge >= 0.3 is 0 Å². The van der Waals surface area contributed by atoms with Crippen LogP contribution in [0.2, 0.25) is 0 Å². The van der Waals surface area contributed by atoms with E-state index in [1.807, 2.05) is 0 Å². The van der Waals surface area contributed by atoms with Crippen LogP contribution in [-0.2, 0) is 6.42 Å². The first-order valence-corrected chi connectivity index (χ1v) is 6.35. The number of aryl methyl sites for hydroxylation is 1. The van der Waals surface area contributed by atoms with Gasteiger partial charge in [0.2, 0.25) is 0 Å². The van der Waals surface area contributed by atoms with Crippen molar-refractivity contribution in [2.45, 2.75) is 39.5 Å². The lowest BCUT2D eigenvalue weighted by atomic mass is 10.0. The maximum atomic E-state index is 4.36. The number of hydrogen-bond donors (Lipinski definition) is 1. The van der Waals surface area contributed by atoms with Crippen molar-refractivity contribution in [2.75, 3.05) is 0 Å². The molecule has 2 nitrogen and oxygen atoms in total. The molecule has 0 spiro atoms. The van der Waals surface area contributed by atoms with E-state index in [4.69, 9.17) is 0 Å². The molecule has 0 bridgehead atoms. The summed E-state index contributed by atoms with van der Waals surface area (Å²) in [5.74, 6) is 0.496. The van der Waals surface area contributed by atoms with Crippen LogP contribution in [0.15, 0.2) is 30.3 Å². The van der Waals surface area contributed by atoms with Gasteiger partial charge in [0.15, 0.2) is 0 Å². The molecular weight excluding hydrogens is 208 g/mol. The van der Waals surface area contributed by atoms with Gasteiger partial charge in [0.05, 0.1) is 5.69 Å². The minimum absolute atomic E-state index is 0.496. The SMILES string of the molecule is CCCc1ccc(-c2cc(C(C)C)[nH]n2)cc1. The molecule has 0 saturated heterocycles. The van der Waals surface area contributed by atoms with Crippen molar-refractivity contribution < 1.29 is 0 Å². The average molecular weight is 228 g/mol. The lowest BCUT2D eigenvalue weighted by Crippen LogP contribution is -1.85. The fourth-order valence-electron chi connectivity index (χ4n) is 1.91. The summed E-state index contributed by atoms with van der Waals surface area (Å²) in [6.45, 7) is 6.54. The quantitative estimate of drug-likeness (QED) is 0.836. The number of aromatic amines is 1. The van der Waals surface area contributed by atoms with Gasteiger partial charge < -0.3 is 0 Å². The molecule has 2 aromatic rings. The Morgan fingerprint density at radius 1 is 1.18 bits per heavy atom. The van der Waals surface area contributed by atoms with Crippen molar-refractivity contribution in [3.8, 4) is 11.3 Å². The van der Waals surface area contributed by atoms with Gasteiger partial charge in [-0.05, 0) is 24.0 Å². The van der Waals surface area contributed by atoms with Crippen LogP contribution in [0.3, 0.4) is 0 Å². The van der Waals surface area contributed by atoms with Gasteiger partial charge in [-0.3, -0.25) is 5.10 Å². The normalized spacial score (nSPS) is 11.1. The summed E-state index contributed by atoms with van der Waals surface area (Å²) in [6.07, 6.45) is 2.34. The third-order valence-electron chi connectivity index (χ3n) is 3.01. The Balaban J connectivity index is 2.21. The van der Waals surface area contributed by atoms with E-state index < -0.39 is 0 Å². The third-order valence-corrected chi connectivity index (χ3v) is 3.01. The Kier molecular flexibility index (Phi) is 3.62. The van der Waals surface area contributed by atoms with Crippen LogP contribution in [0.25, 0.3) is 11.3 Å². The molecule has 0 radical (unpaired) electrons. The maximum Gasteiger partial charge on any atom is 0.0923 e. The van der Waals surface area contributed by atoms with Crippen molar-refractivity contribution in [3.63, 3.8) is 0 Å². The fourth-order valence-corrected chi connectivity index (χ4v) is 1.91. The topological polar surface area (TPSA) is 28.7 Å². The Morgan fingerprint density at radius 2 is 1.88 bits per heavy atom. The molecule has 1 aromatic carbocycles. The Bertz CT molecular complexity index is 466. The molecule has 1 heterocycles. The van der Waals surface area contributed by atoms with Crippen LogP contribution in [0.1, 0.15) is 44.4 Å². The summed E-state index contributed by atoms with van der Waals surface area (Å²) in [5, 5.41) is 7.45. The van der Waals surface area contributed by atoms with Gasteiger partial charge in [0.1, 0.15) is 0 Å². The Morgan fingerprint density at radius 3 is 2.41 bits per heavy atom. The van der Waals surface area contributed by atoms with Gasteiger partial charge in [-0.2, -0.15) is 5.10 Å². The molecule has 17 heavy (non-hydrogen) atoms. The molecule has 0 saturated carbocycles. The number of nitrogens with one attached hydrogen (secondary N) is 1. The summed E-state index contributed by atoms with van der Waals surface area (Å²) in [4.78, 5) is 0. The summed E-state index contributed by atoms with van der Waals surface area (Å²) < 4.78 is 0. The monoisotopic (exact) mass is 228 g/mol. The molecule has 0 aliphatic rings. The van der Waals surface area contributed by atoms with E-state index in [1.165, 1.54) is 23.2 Å². The van der Waals surface area contributed by atoms with E-state index in [2.05, 4.69) is 61.3 Å². The van der Waals surface area contributed by atoms with Crippen LogP contribution in [0.4, 0.5) is 0 Å². The first-order chi connectivity index (χ1) is 8.20. The van der Waals surface area contributed by atoms with Crippen LogP contribution < -0.4 is 0 Å². The highest BCUT2D eigenvalue weighted by Crippen LogP contribution is 2.21.